The zero-order chi connectivity index (χ0) is 20.7. The molecule has 0 N–H and O–H groups in total. The van der Waals surface area contributed by atoms with Crippen LogP contribution >= 0.6 is 0 Å². The summed E-state index contributed by atoms with van der Waals surface area (Å²) in [7, 11) is 0. The Kier molecular flexibility index (Phi) is 4.55. The van der Waals surface area contributed by atoms with Gasteiger partial charge in [0.15, 0.2) is 0 Å². The van der Waals surface area contributed by atoms with Crippen LogP contribution in [0, 0.1) is 20.8 Å². The lowest BCUT2D eigenvalue weighted by Crippen LogP contribution is -2.24. The van der Waals surface area contributed by atoms with Gasteiger partial charge in [-0.25, -0.2) is 0 Å². The zero-order valence-electron chi connectivity index (χ0n) is 17.8. The van der Waals surface area contributed by atoms with Crippen LogP contribution in [0.3, 0.4) is 0 Å². The Bertz CT molecular complexity index is 1190. The van der Waals surface area contributed by atoms with Gasteiger partial charge in [-0.1, -0.05) is 60.7 Å². The molecule has 148 valence electrons. The molecule has 2 heteroatoms. The van der Waals surface area contributed by atoms with Crippen molar-refractivity contribution in [3.05, 3.63) is 108 Å². The van der Waals surface area contributed by atoms with Crippen LogP contribution < -0.4 is 9.80 Å². The summed E-state index contributed by atoms with van der Waals surface area (Å²) < 4.78 is 0. The molecule has 0 amide bonds. The first kappa shape index (κ1) is 18.5. The van der Waals surface area contributed by atoms with E-state index in [4.69, 9.17) is 0 Å². The summed E-state index contributed by atoms with van der Waals surface area (Å²) in [4.78, 5) is 4.84. The van der Waals surface area contributed by atoms with Crippen molar-refractivity contribution in [2.45, 2.75) is 20.8 Å². The third-order valence-electron chi connectivity index (χ3n) is 6.08. The molecule has 0 radical (unpaired) electrons. The number of para-hydroxylation sites is 2. The van der Waals surface area contributed by atoms with Crippen LogP contribution in [-0.2, 0) is 0 Å². The van der Waals surface area contributed by atoms with Gasteiger partial charge in [-0.15, -0.1) is 0 Å². The van der Waals surface area contributed by atoms with Crippen molar-refractivity contribution in [2.75, 3.05) is 16.5 Å². The SMILES string of the molecule is Cc1ccccc1N1CN(c2ccccc2)c2cc(-c3c(C)cccc3C)ccc21. The average Bonchev–Trinajstić information content (AvgIpc) is 3.13. The third kappa shape index (κ3) is 3.05. The van der Waals surface area contributed by atoms with E-state index < -0.39 is 0 Å². The predicted octanol–water partition coefficient (Wildman–Crippen LogP) is 7.53. The van der Waals surface area contributed by atoms with Crippen molar-refractivity contribution < 1.29 is 0 Å². The summed E-state index contributed by atoms with van der Waals surface area (Å²) in [6.45, 7) is 7.39. The van der Waals surface area contributed by atoms with Crippen molar-refractivity contribution in [2.24, 2.45) is 0 Å². The normalized spacial score (nSPS) is 12.9. The standard InChI is InChI=1S/C28H26N2/c1-20-10-7-8-15-25(20)30-19-29(24-13-5-4-6-14-24)27-18-23(16-17-26(27)30)28-21(2)11-9-12-22(28)3/h4-18H,19H2,1-3H3. The average molecular weight is 391 g/mol. The highest BCUT2D eigenvalue weighted by atomic mass is 15.4. The summed E-state index contributed by atoms with van der Waals surface area (Å²) in [5.41, 5.74) is 11.5. The lowest BCUT2D eigenvalue weighted by atomic mass is 9.95. The van der Waals surface area contributed by atoms with E-state index in [2.05, 4.69) is 122 Å². The minimum absolute atomic E-state index is 0.806. The van der Waals surface area contributed by atoms with E-state index in [-0.39, 0.29) is 0 Å². The van der Waals surface area contributed by atoms with Gasteiger partial charge in [0, 0.05) is 11.4 Å². The van der Waals surface area contributed by atoms with Crippen molar-refractivity contribution in [3.8, 4) is 11.1 Å². The van der Waals surface area contributed by atoms with Crippen LogP contribution in [0.5, 0.6) is 0 Å². The van der Waals surface area contributed by atoms with Gasteiger partial charge in [-0.2, -0.15) is 0 Å². The maximum Gasteiger partial charge on any atom is 0.100 e. The van der Waals surface area contributed by atoms with Crippen LogP contribution in [0.1, 0.15) is 16.7 Å². The van der Waals surface area contributed by atoms with Crippen molar-refractivity contribution >= 4 is 22.7 Å². The maximum absolute atomic E-state index is 2.42. The molecule has 0 aliphatic carbocycles. The second-order valence-corrected chi connectivity index (χ2v) is 8.09. The summed E-state index contributed by atoms with van der Waals surface area (Å²) in [6, 6.07) is 32.8. The van der Waals surface area contributed by atoms with Gasteiger partial charge < -0.3 is 9.80 Å². The summed E-state index contributed by atoms with van der Waals surface area (Å²) in [5.74, 6) is 0. The highest BCUT2D eigenvalue weighted by Crippen LogP contribution is 2.46. The molecule has 1 aliphatic rings. The first-order valence-corrected chi connectivity index (χ1v) is 10.5. The minimum Gasteiger partial charge on any atom is -0.321 e. The monoisotopic (exact) mass is 390 g/mol. The Hall–Kier alpha value is -3.52. The van der Waals surface area contributed by atoms with Crippen LogP contribution in [0.15, 0.2) is 91.0 Å². The first-order valence-electron chi connectivity index (χ1n) is 10.5. The van der Waals surface area contributed by atoms with E-state index >= 15 is 0 Å². The molecule has 0 atom stereocenters. The molecule has 0 saturated carbocycles. The van der Waals surface area contributed by atoms with Gasteiger partial charge in [0.25, 0.3) is 0 Å². The molecule has 5 rings (SSSR count). The molecule has 4 aromatic carbocycles. The molecule has 30 heavy (non-hydrogen) atoms. The Morgan fingerprint density at radius 1 is 0.533 bits per heavy atom. The predicted molar refractivity (Wildman–Crippen MR) is 128 cm³/mol. The van der Waals surface area contributed by atoms with Gasteiger partial charge >= 0.3 is 0 Å². The van der Waals surface area contributed by atoms with Crippen LogP contribution in [0.25, 0.3) is 11.1 Å². The molecule has 0 aromatic heterocycles. The summed E-state index contributed by atoms with van der Waals surface area (Å²) in [5, 5.41) is 0. The summed E-state index contributed by atoms with van der Waals surface area (Å²) in [6.07, 6.45) is 0. The number of fused-ring (bicyclic) bond motifs is 1. The van der Waals surface area contributed by atoms with Crippen molar-refractivity contribution in [3.63, 3.8) is 0 Å². The fourth-order valence-electron chi connectivity index (χ4n) is 4.59. The molecular weight excluding hydrogens is 364 g/mol. The minimum atomic E-state index is 0.806. The second-order valence-electron chi connectivity index (χ2n) is 8.09. The number of aryl methyl sites for hydroxylation is 3. The second kappa shape index (κ2) is 7.38. The molecule has 1 aliphatic heterocycles. The molecule has 0 spiro atoms. The van der Waals surface area contributed by atoms with Gasteiger partial charge in [-0.3, -0.25) is 0 Å². The largest absolute Gasteiger partial charge is 0.321 e. The molecule has 4 aromatic rings. The maximum atomic E-state index is 2.42. The van der Waals surface area contributed by atoms with E-state index in [9.17, 15) is 0 Å². The van der Waals surface area contributed by atoms with Gasteiger partial charge in [-0.05, 0) is 78.9 Å². The number of rotatable bonds is 3. The first-order chi connectivity index (χ1) is 14.6. The van der Waals surface area contributed by atoms with Crippen LogP contribution in [0.4, 0.5) is 22.7 Å². The number of hydrogen-bond donors (Lipinski definition) is 0. The Labute approximate surface area is 179 Å². The van der Waals surface area contributed by atoms with E-state index in [0.717, 1.165) is 6.67 Å². The molecular formula is C28H26N2. The smallest absolute Gasteiger partial charge is 0.100 e. The number of benzene rings is 4. The van der Waals surface area contributed by atoms with E-state index in [1.165, 1.54) is 50.6 Å². The molecule has 1 heterocycles. The Morgan fingerprint density at radius 3 is 1.93 bits per heavy atom. The quantitative estimate of drug-likeness (QED) is 0.357. The van der Waals surface area contributed by atoms with Crippen molar-refractivity contribution in [1.29, 1.82) is 0 Å². The summed E-state index contributed by atoms with van der Waals surface area (Å²) >= 11 is 0. The number of anilines is 4. The molecule has 0 bridgehead atoms. The van der Waals surface area contributed by atoms with E-state index in [0.29, 0.717) is 0 Å². The number of hydrogen-bond acceptors (Lipinski definition) is 2. The highest BCUT2D eigenvalue weighted by Gasteiger charge is 2.29. The van der Waals surface area contributed by atoms with Gasteiger partial charge in [0.1, 0.15) is 6.67 Å². The highest BCUT2D eigenvalue weighted by molar-refractivity contribution is 5.91. The lowest BCUT2D eigenvalue weighted by molar-refractivity contribution is 0.986. The van der Waals surface area contributed by atoms with Crippen LogP contribution in [0.2, 0.25) is 0 Å². The molecule has 0 fully saturated rings. The van der Waals surface area contributed by atoms with E-state index in [1.807, 2.05) is 0 Å². The topological polar surface area (TPSA) is 6.48 Å². The lowest BCUT2D eigenvalue weighted by Gasteiger charge is -2.23. The fourth-order valence-corrected chi connectivity index (χ4v) is 4.59. The fraction of sp³-hybridized carbons (Fsp3) is 0.143. The Morgan fingerprint density at radius 2 is 1.20 bits per heavy atom. The van der Waals surface area contributed by atoms with Gasteiger partial charge in [0.2, 0.25) is 0 Å². The Balaban J connectivity index is 1.69. The number of nitrogens with zero attached hydrogens (tertiary/aromatic N) is 2. The molecule has 0 unspecified atom stereocenters. The zero-order valence-corrected chi connectivity index (χ0v) is 17.8. The third-order valence-corrected chi connectivity index (χ3v) is 6.08. The molecule has 2 nitrogen and oxygen atoms in total. The van der Waals surface area contributed by atoms with E-state index in [1.54, 1.807) is 0 Å². The van der Waals surface area contributed by atoms with Crippen LogP contribution in [-0.4, -0.2) is 6.67 Å². The molecule has 0 saturated heterocycles. The van der Waals surface area contributed by atoms with Crippen molar-refractivity contribution in [1.82, 2.24) is 0 Å². The van der Waals surface area contributed by atoms with Gasteiger partial charge in [0.05, 0.1) is 11.4 Å².